The van der Waals surface area contributed by atoms with Gasteiger partial charge in [0.25, 0.3) is 0 Å². The molecule has 0 aliphatic rings. The Balaban J connectivity index is 1.76. The second-order valence-corrected chi connectivity index (χ2v) is 7.89. The van der Waals surface area contributed by atoms with Crippen molar-refractivity contribution in [1.82, 2.24) is 4.72 Å². The first-order valence-electron chi connectivity index (χ1n) is 5.93. The van der Waals surface area contributed by atoms with E-state index in [1.807, 2.05) is 11.4 Å². The SMILES string of the molecule is O=S(=O)(NCCSCc1cccs1)c1ccc(F)cc1. The third-order valence-electron chi connectivity index (χ3n) is 2.49. The lowest BCUT2D eigenvalue weighted by Crippen LogP contribution is -2.26. The Hall–Kier alpha value is -0.890. The molecule has 0 spiro atoms. The van der Waals surface area contributed by atoms with Gasteiger partial charge in [-0.05, 0) is 35.7 Å². The fourth-order valence-electron chi connectivity index (χ4n) is 1.51. The summed E-state index contributed by atoms with van der Waals surface area (Å²) in [5, 5.41) is 2.02. The third kappa shape index (κ3) is 4.59. The molecule has 0 saturated carbocycles. The summed E-state index contributed by atoms with van der Waals surface area (Å²) < 4.78 is 39.0. The number of nitrogens with one attached hydrogen (secondary N) is 1. The summed E-state index contributed by atoms with van der Waals surface area (Å²) >= 11 is 3.36. The van der Waals surface area contributed by atoms with Crippen LogP contribution in [0.15, 0.2) is 46.7 Å². The molecule has 7 heteroatoms. The Morgan fingerprint density at radius 3 is 2.60 bits per heavy atom. The predicted octanol–water partition coefficient (Wildman–Crippen LogP) is 3.10. The standard InChI is InChI=1S/C13H14FNO2S3/c14-11-3-5-13(6-4-11)20(16,17)15-7-9-18-10-12-2-1-8-19-12/h1-6,8,15H,7,9-10H2. The minimum absolute atomic E-state index is 0.0853. The normalized spacial score (nSPS) is 11.7. The molecule has 1 aromatic carbocycles. The summed E-state index contributed by atoms with van der Waals surface area (Å²) in [6, 6.07) is 8.85. The highest BCUT2D eigenvalue weighted by Crippen LogP contribution is 2.16. The van der Waals surface area contributed by atoms with Crippen LogP contribution < -0.4 is 4.72 Å². The molecular formula is C13H14FNO2S3. The highest BCUT2D eigenvalue weighted by Gasteiger charge is 2.12. The van der Waals surface area contributed by atoms with Gasteiger partial charge < -0.3 is 0 Å². The van der Waals surface area contributed by atoms with Crippen LogP contribution in [0.1, 0.15) is 4.88 Å². The molecule has 0 aliphatic carbocycles. The number of thioether (sulfide) groups is 1. The first-order valence-corrected chi connectivity index (χ1v) is 9.45. The second kappa shape index (κ2) is 7.21. The van der Waals surface area contributed by atoms with Gasteiger partial charge in [0, 0.05) is 22.9 Å². The highest BCUT2D eigenvalue weighted by atomic mass is 32.2. The molecule has 1 aromatic heterocycles. The lowest BCUT2D eigenvalue weighted by molar-refractivity contribution is 0.583. The number of benzene rings is 1. The predicted molar refractivity (Wildman–Crippen MR) is 82.1 cm³/mol. The molecule has 1 N–H and O–H groups in total. The maximum absolute atomic E-state index is 12.7. The smallest absolute Gasteiger partial charge is 0.210 e. The first-order chi connectivity index (χ1) is 9.58. The molecule has 0 fully saturated rings. The summed E-state index contributed by atoms with van der Waals surface area (Å²) in [6.45, 7) is 0.357. The first kappa shape index (κ1) is 15.5. The van der Waals surface area contributed by atoms with Crippen molar-refractivity contribution in [2.24, 2.45) is 0 Å². The van der Waals surface area contributed by atoms with Gasteiger partial charge in [0.2, 0.25) is 10.0 Å². The Labute approximate surface area is 126 Å². The van der Waals surface area contributed by atoms with Crippen molar-refractivity contribution in [2.75, 3.05) is 12.3 Å². The van der Waals surface area contributed by atoms with Crippen molar-refractivity contribution < 1.29 is 12.8 Å². The molecule has 3 nitrogen and oxygen atoms in total. The molecular weight excluding hydrogens is 317 g/mol. The van der Waals surface area contributed by atoms with Crippen LogP contribution in [0.4, 0.5) is 4.39 Å². The van der Waals surface area contributed by atoms with Crippen LogP contribution in [0, 0.1) is 5.82 Å². The van der Waals surface area contributed by atoms with Crippen molar-refractivity contribution in [2.45, 2.75) is 10.6 Å². The zero-order chi connectivity index (χ0) is 14.4. The molecule has 0 amide bonds. The van der Waals surface area contributed by atoms with Gasteiger partial charge in [-0.1, -0.05) is 6.07 Å². The highest BCUT2D eigenvalue weighted by molar-refractivity contribution is 7.98. The Morgan fingerprint density at radius 2 is 1.95 bits per heavy atom. The number of hydrogen-bond donors (Lipinski definition) is 1. The lowest BCUT2D eigenvalue weighted by Gasteiger charge is -2.06. The number of rotatable bonds is 7. The molecule has 0 radical (unpaired) electrons. The zero-order valence-electron chi connectivity index (χ0n) is 10.6. The Bertz CT molecular complexity index is 624. The fraction of sp³-hybridized carbons (Fsp3) is 0.231. The van der Waals surface area contributed by atoms with Gasteiger partial charge in [-0.3, -0.25) is 0 Å². The van der Waals surface area contributed by atoms with Crippen LogP contribution in [-0.4, -0.2) is 20.7 Å². The molecule has 0 unspecified atom stereocenters. The quantitative estimate of drug-likeness (QED) is 0.793. The molecule has 1 heterocycles. The fourth-order valence-corrected chi connectivity index (χ4v) is 4.37. The largest absolute Gasteiger partial charge is 0.240 e. The van der Waals surface area contributed by atoms with Crippen molar-refractivity contribution in [1.29, 1.82) is 0 Å². The summed E-state index contributed by atoms with van der Waals surface area (Å²) in [7, 11) is -3.54. The van der Waals surface area contributed by atoms with Crippen LogP contribution in [-0.2, 0) is 15.8 Å². The Kier molecular flexibility index (Phi) is 5.59. The van der Waals surface area contributed by atoms with E-state index in [2.05, 4.69) is 10.8 Å². The molecule has 0 atom stereocenters. The van der Waals surface area contributed by atoms with Gasteiger partial charge in [0.15, 0.2) is 0 Å². The third-order valence-corrected chi connectivity index (χ3v) is 6.03. The summed E-state index contributed by atoms with van der Waals surface area (Å²) in [6.07, 6.45) is 0. The van der Waals surface area contributed by atoms with Gasteiger partial charge in [-0.25, -0.2) is 17.5 Å². The zero-order valence-corrected chi connectivity index (χ0v) is 13.0. The number of sulfonamides is 1. The van der Waals surface area contributed by atoms with Crippen LogP contribution in [0.5, 0.6) is 0 Å². The van der Waals surface area contributed by atoms with Crippen molar-refractivity contribution in [3.63, 3.8) is 0 Å². The van der Waals surface area contributed by atoms with Crippen LogP contribution in [0.3, 0.4) is 0 Å². The van der Waals surface area contributed by atoms with Crippen molar-refractivity contribution >= 4 is 33.1 Å². The number of thiophene rings is 1. The molecule has 0 bridgehead atoms. The maximum atomic E-state index is 12.7. The maximum Gasteiger partial charge on any atom is 0.240 e. The monoisotopic (exact) mass is 331 g/mol. The van der Waals surface area contributed by atoms with Crippen LogP contribution in [0.2, 0.25) is 0 Å². The van der Waals surface area contributed by atoms with E-state index in [0.717, 1.165) is 17.9 Å². The summed E-state index contributed by atoms with van der Waals surface area (Å²) in [5.41, 5.74) is 0. The Morgan fingerprint density at radius 1 is 1.20 bits per heavy atom. The molecule has 0 saturated heterocycles. The van der Waals surface area contributed by atoms with E-state index in [0.29, 0.717) is 12.3 Å². The van der Waals surface area contributed by atoms with E-state index in [-0.39, 0.29) is 4.90 Å². The minimum Gasteiger partial charge on any atom is -0.210 e. The van der Waals surface area contributed by atoms with E-state index in [4.69, 9.17) is 0 Å². The van der Waals surface area contributed by atoms with Crippen LogP contribution >= 0.6 is 23.1 Å². The van der Waals surface area contributed by atoms with Crippen molar-refractivity contribution in [3.05, 3.63) is 52.5 Å². The number of hydrogen-bond acceptors (Lipinski definition) is 4. The van der Waals surface area contributed by atoms with Gasteiger partial charge in [-0.15, -0.1) is 11.3 Å². The van der Waals surface area contributed by atoms with Crippen molar-refractivity contribution in [3.8, 4) is 0 Å². The van der Waals surface area contributed by atoms with Crippen LogP contribution in [0.25, 0.3) is 0 Å². The molecule has 2 aromatic rings. The topological polar surface area (TPSA) is 46.2 Å². The van der Waals surface area contributed by atoms with E-state index >= 15 is 0 Å². The second-order valence-electron chi connectivity index (χ2n) is 3.98. The van der Waals surface area contributed by atoms with Gasteiger partial charge >= 0.3 is 0 Å². The molecule has 20 heavy (non-hydrogen) atoms. The summed E-state index contributed by atoms with van der Waals surface area (Å²) in [4.78, 5) is 1.36. The minimum atomic E-state index is -3.54. The average molecular weight is 331 g/mol. The van der Waals surface area contributed by atoms with Gasteiger partial charge in [-0.2, -0.15) is 11.8 Å². The molecule has 0 aliphatic heterocycles. The van der Waals surface area contributed by atoms with E-state index in [1.54, 1.807) is 23.1 Å². The van der Waals surface area contributed by atoms with Gasteiger partial charge in [0.05, 0.1) is 4.90 Å². The molecule has 2 rings (SSSR count). The van der Waals surface area contributed by atoms with E-state index < -0.39 is 15.8 Å². The van der Waals surface area contributed by atoms with Gasteiger partial charge in [0.1, 0.15) is 5.82 Å². The molecule has 108 valence electrons. The average Bonchev–Trinajstić information content (AvgIpc) is 2.92. The van der Waals surface area contributed by atoms with E-state index in [9.17, 15) is 12.8 Å². The van der Waals surface area contributed by atoms with E-state index in [1.165, 1.54) is 17.0 Å². The number of halogens is 1. The lowest BCUT2D eigenvalue weighted by atomic mass is 10.4. The summed E-state index contributed by atoms with van der Waals surface area (Å²) in [5.74, 6) is 1.13.